The number of nitrogens with one attached hydrogen (secondary N) is 3. The maximum atomic E-state index is 12.0. The van der Waals surface area contributed by atoms with Crippen molar-refractivity contribution in [3.63, 3.8) is 0 Å². The molecule has 0 spiro atoms. The third kappa shape index (κ3) is 5.88. The Morgan fingerprint density at radius 1 is 0.786 bits per heavy atom. The van der Waals surface area contributed by atoms with Gasteiger partial charge in [-0.1, -0.05) is 60.7 Å². The topological polar surface area (TPSA) is 79.5 Å². The summed E-state index contributed by atoms with van der Waals surface area (Å²) >= 11 is 0. The summed E-state index contributed by atoms with van der Waals surface area (Å²) in [4.78, 5) is 23.9. The van der Waals surface area contributed by atoms with Crippen molar-refractivity contribution in [3.8, 4) is 11.5 Å². The Bertz CT molecular complexity index is 915. The lowest BCUT2D eigenvalue weighted by Gasteiger charge is -2.13. The zero-order valence-electron chi connectivity index (χ0n) is 15.2. The molecule has 0 heterocycles. The van der Waals surface area contributed by atoms with Gasteiger partial charge in [-0.05, 0) is 29.8 Å². The van der Waals surface area contributed by atoms with Crippen LogP contribution in [0.3, 0.4) is 0 Å². The minimum atomic E-state index is -0.538. The Labute approximate surface area is 163 Å². The molecule has 0 saturated heterocycles. The van der Waals surface area contributed by atoms with Gasteiger partial charge in [-0.3, -0.25) is 10.1 Å². The number of amides is 3. The average molecular weight is 375 g/mol. The van der Waals surface area contributed by atoms with Crippen LogP contribution in [0.1, 0.15) is 5.56 Å². The minimum Gasteiger partial charge on any atom is -0.455 e. The second-order valence-electron chi connectivity index (χ2n) is 5.98. The first-order chi connectivity index (χ1) is 13.7. The van der Waals surface area contributed by atoms with E-state index in [1.165, 1.54) is 0 Å². The summed E-state index contributed by atoms with van der Waals surface area (Å²) in [5.41, 5.74) is 1.61. The Kier molecular flexibility index (Phi) is 6.62. The van der Waals surface area contributed by atoms with Crippen LogP contribution in [0.5, 0.6) is 11.5 Å². The molecular weight excluding hydrogens is 354 g/mol. The van der Waals surface area contributed by atoms with Crippen LogP contribution in [0.25, 0.3) is 0 Å². The molecule has 0 radical (unpaired) electrons. The Hall–Kier alpha value is -3.80. The van der Waals surface area contributed by atoms with E-state index in [-0.39, 0.29) is 6.54 Å². The number of urea groups is 1. The molecule has 3 N–H and O–H groups in total. The number of benzene rings is 3. The zero-order valence-corrected chi connectivity index (χ0v) is 15.2. The molecule has 3 amide bonds. The highest BCUT2D eigenvalue weighted by molar-refractivity contribution is 5.96. The first-order valence-electron chi connectivity index (χ1n) is 8.88. The Balaban J connectivity index is 1.48. The van der Waals surface area contributed by atoms with Crippen molar-refractivity contribution in [2.45, 2.75) is 6.54 Å². The van der Waals surface area contributed by atoms with Crippen molar-refractivity contribution in [1.82, 2.24) is 10.6 Å². The molecule has 6 nitrogen and oxygen atoms in total. The maximum Gasteiger partial charge on any atom is 0.321 e. The number of ether oxygens (including phenoxy) is 1. The number of carbonyl (C=O) groups excluding carboxylic acids is 2. The molecule has 6 heteroatoms. The highest BCUT2D eigenvalue weighted by Crippen LogP contribution is 2.28. The van der Waals surface area contributed by atoms with Crippen molar-refractivity contribution in [3.05, 3.63) is 90.5 Å². The molecule has 0 saturated carbocycles. The predicted molar refractivity (Wildman–Crippen MR) is 108 cm³/mol. The molecule has 0 unspecified atom stereocenters. The molecule has 3 aromatic carbocycles. The lowest BCUT2D eigenvalue weighted by atomic mass is 10.2. The normalized spacial score (nSPS) is 10.0. The maximum absolute atomic E-state index is 12.0. The third-order valence-corrected chi connectivity index (χ3v) is 3.85. The zero-order chi connectivity index (χ0) is 19.6. The van der Waals surface area contributed by atoms with Gasteiger partial charge in [0.05, 0.1) is 12.2 Å². The smallest absolute Gasteiger partial charge is 0.321 e. The van der Waals surface area contributed by atoms with E-state index in [1.807, 2.05) is 72.8 Å². The van der Waals surface area contributed by atoms with Gasteiger partial charge in [-0.15, -0.1) is 0 Å². The van der Waals surface area contributed by atoms with E-state index >= 15 is 0 Å². The summed E-state index contributed by atoms with van der Waals surface area (Å²) in [7, 11) is 0. The Morgan fingerprint density at radius 2 is 1.43 bits per heavy atom. The molecule has 3 aromatic rings. The van der Waals surface area contributed by atoms with Gasteiger partial charge in [-0.2, -0.15) is 0 Å². The van der Waals surface area contributed by atoms with Gasteiger partial charge in [0, 0.05) is 6.54 Å². The van der Waals surface area contributed by atoms with E-state index < -0.39 is 11.9 Å². The van der Waals surface area contributed by atoms with Crippen LogP contribution in [0.4, 0.5) is 10.5 Å². The van der Waals surface area contributed by atoms with E-state index in [0.29, 0.717) is 23.7 Å². The van der Waals surface area contributed by atoms with Gasteiger partial charge in [0.15, 0.2) is 5.75 Å². The van der Waals surface area contributed by atoms with Gasteiger partial charge >= 0.3 is 6.03 Å². The largest absolute Gasteiger partial charge is 0.455 e. The van der Waals surface area contributed by atoms with Crippen LogP contribution in [-0.4, -0.2) is 18.5 Å². The van der Waals surface area contributed by atoms with Gasteiger partial charge in [-0.25, -0.2) is 4.79 Å². The number of rotatable bonds is 7. The highest BCUT2D eigenvalue weighted by atomic mass is 16.5. The van der Waals surface area contributed by atoms with Crippen LogP contribution >= 0.6 is 0 Å². The number of hydrogen-bond acceptors (Lipinski definition) is 4. The summed E-state index contributed by atoms with van der Waals surface area (Å²) in [5, 5.41) is 7.94. The number of hydrogen-bond donors (Lipinski definition) is 3. The van der Waals surface area contributed by atoms with Crippen LogP contribution in [0.15, 0.2) is 84.9 Å². The lowest BCUT2D eigenvalue weighted by molar-refractivity contribution is -0.118. The van der Waals surface area contributed by atoms with Crippen LogP contribution in [0.2, 0.25) is 0 Å². The summed E-state index contributed by atoms with van der Waals surface area (Å²) in [6.45, 7) is 0.287. The predicted octanol–water partition coefficient (Wildman–Crippen LogP) is 3.92. The minimum absolute atomic E-state index is 0.0616. The molecule has 0 bridgehead atoms. The van der Waals surface area contributed by atoms with Gasteiger partial charge in [0.25, 0.3) is 0 Å². The molecule has 0 aliphatic carbocycles. The van der Waals surface area contributed by atoms with Crippen molar-refractivity contribution in [1.29, 1.82) is 0 Å². The highest BCUT2D eigenvalue weighted by Gasteiger charge is 2.09. The number of imide groups is 1. The van der Waals surface area contributed by atoms with Crippen LogP contribution < -0.4 is 20.7 Å². The summed E-state index contributed by atoms with van der Waals surface area (Å²) in [6.07, 6.45) is 0. The molecule has 0 aliphatic rings. The molecule has 3 rings (SSSR count). The molecule has 142 valence electrons. The van der Waals surface area contributed by atoms with E-state index in [4.69, 9.17) is 4.74 Å². The van der Waals surface area contributed by atoms with E-state index in [2.05, 4.69) is 16.0 Å². The van der Waals surface area contributed by atoms with Crippen molar-refractivity contribution in [2.24, 2.45) is 0 Å². The fourth-order valence-electron chi connectivity index (χ4n) is 2.49. The first-order valence-corrected chi connectivity index (χ1v) is 8.88. The van der Waals surface area contributed by atoms with Crippen LogP contribution in [0, 0.1) is 0 Å². The second-order valence-corrected chi connectivity index (χ2v) is 5.98. The van der Waals surface area contributed by atoms with Gasteiger partial charge in [0.2, 0.25) is 5.91 Å². The fourth-order valence-corrected chi connectivity index (χ4v) is 2.49. The molecule has 0 fully saturated rings. The van der Waals surface area contributed by atoms with E-state index in [1.54, 1.807) is 12.1 Å². The van der Waals surface area contributed by atoms with Gasteiger partial charge < -0.3 is 15.4 Å². The Morgan fingerprint density at radius 3 is 2.18 bits per heavy atom. The van der Waals surface area contributed by atoms with Crippen molar-refractivity contribution in [2.75, 3.05) is 11.9 Å². The summed E-state index contributed by atoms with van der Waals surface area (Å²) < 4.78 is 5.84. The number of anilines is 1. The molecular formula is C22H21N3O3. The number of para-hydroxylation sites is 3. The second kappa shape index (κ2) is 9.78. The molecule has 0 aromatic heterocycles. The first kappa shape index (κ1) is 19.0. The van der Waals surface area contributed by atoms with E-state index in [0.717, 1.165) is 5.56 Å². The summed E-state index contributed by atoms with van der Waals surface area (Å²) in [6, 6.07) is 25.6. The average Bonchev–Trinajstić information content (AvgIpc) is 2.73. The van der Waals surface area contributed by atoms with Crippen molar-refractivity contribution >= 4 is 17.6 Å². The number of carbonyl (C=O) groups is 2. The monoisotopic (exact) mass is 375 g/mol. The standard InChI is InChI=1S/C22H21N3O3/c26-21(25-22(27)24-15-17-9-3-1-4-10-17)16-23-19-13-7-8-14-20(19)28-18-11-5-2-6-12-18/h1-14,23H,15-16H2,(H2,24,25,26,27). The third-order valence-electron chi connectivity index (χ3n) is 3.85. The molecule has 0 aliphatic heterocycles. The van der Waals surface area contributed by atoms with Crippen LogP contribution in [-0.2, 0) is 11.3 Å². The fraction of sp³-hybridized carbons (Fsp3) is 0.0909. The van der Waals surface area contributed by atoms with E-state index in [9.17, 15) is 9.59 Å². The summed E-state index contributed by atoms with van der Waals surface area (Å²) in [5.74, 6) is 0.844. The SMILES string of the molecule is O=C(CNc1ccccc1Oc1ccccc1)NC(=O)NCc1ccccc1. The molecule has 0 atom stereocenters. The molecule has 28 heavy (non-hydrogen) atoms. The quantitative estimate of drug-likeness (QED) is 0.585. The van der Waals surface area contributed by atoms with Crippen molar-refractivity contribution < 1.29 is 14.3 Å². The lowest BCUT2D eigenvalue weighted by Crippen LogP contribution is -2.41. The van der Waals surface area contributed by atoms with Gasteiger partial charge in [0.1, 0.15) is 5.75 Å².